The molecule has 0 radical (unpaired) electrons. The van der Waals surface area contributed by atoms with E-state index in [1.807, 2.05) is 67.6 Å². The largest absolute Gasteiger partial charge is 0.489 e. The van der Waals surface area contributed by atoms with Gasteiger partial charge < -0.3 is 9.47 Å². The minimum Gasteiger partial charge on any atom is -0.489 e. The van der Waals surface area contributed by atoms with Gasteiger partial charge in [0.15, 0.2) is 0 Å². The summed E-state index contributed by atoms with van der Waals surface area (Å²) in [7, 11) is 0. The van der Waals surface area contributed by atoms with Gasteiger partial charge in [0.2, 0.25) is 0 Å². The molecule has 25 heavy (non-hydrogen) atoms. The Balaban J connectivity index is 1.91. The van der Waals surface area contributed by atoms with Gasteiger partial charge in [0, 0.05) is 12.5 Å². The molecule has 0 atom stereocenters. The fourth-order valence-electron chi connectivity index (χ4n) is 2.66. The number of benzene rings is 3. The summed E-state index contributed by atoms with van der Waals surface area (Å²) >= 11 is 0. The second-order valence-corrected chi connectivity index (χ2v) is 6.01. The van der Waals surface area contributed by atoms with Crippen LogP contribution in [-0.4, -0.2) is 5.97 Å². The van der Waals surface area contributed by atoms with Crippen LogP contribution in [0.5, 0.6) is 11.5 Å². The number of carbonyl (C=O) groups is 1. The first-order valence-electron chi connectivity index (χ1n) is 8.12. The third kappa shape index (κ3) is 4.07. The molecule has 0 aliphatic carbocycles. The third-order valence-corrected chi connectivity index (χ3v) is 3.87. The van der Waals surface area contributed by atoms with Crippen molar-refractivity contribution in [2.75, 3.05) is 0 Å². The Hall–Kier alpha value is -3.07. The fourth-order valence-corrected chi connectivity index (χ4v) is 2.66. The maximum absolute atomic E-state index is 11.4. The lowest BCUT2D eigenvalue weighted by atomic mass is 10.0. The van der Waals surface area contributed by atoms with E-state index in [9.17, 15) is 4.79 Å². The van der Waals surface area contributed by atoms with Gasteiger partial charge in [-0.25, -0.2) is 0 Å². The summed E-state index contributed by atoms with van der Waals surface area (Å²) in [5, 5.41) is 1.99. The number of hydrogen-bond acceptors (Lipinski definition) is 3. The molecule has 3 nitrogen and oxygen atoms in total. The van der Waals surface area contributed by atoms with Crippen LogP contribution in [0.15, 0.2) is 67.2 Å². The quantitative estimate of drug-likeness (QED) is 0.465. The molecule has 3 heteroatoms. The highest BCUT2D eigenvalue weighted by atomic mass is 16.5. The summed E-state index contributed by atoms with van der Waals surface area (Å²) in [5.41, 5.74) is 2.80. The normalized spacial score (nSPS) is 10.5. The molecular weight excluding hydrogens is 312 g/mol. The van der Waals surface area contributed by atoms with E-state index in [0.29, 0.717) is 12.4 Å². The molecule has 3 aromatic rings. The van der Waals surface area contributed by atoms with E-state index in [1.54, 1.807) is 0 Å². The van der Waals surface area contributed by atoms with Gasteiger partial charge >= 0.3 is 5.97 Å². The van der Waals surface area contributed by atoms with E-state index in [4.69, 9.17) is 9.47 Å². The van der Waals surface area contributed by atoms with Crippen molar-refractivity contribution < 1.29 is 14.3 Å². The molecule has 0 spiro atoms. The molecule has 0 heterocycles. The van der Waals surface area contributed by atoms with Crippen LogP contribution in [-0.2, 0) is 11.4 Å². The number of rotatable bonds is 5. The summed E-state index contributed by atoms with van der Waals surface area (Å²) in [6, 6.07) is 19.7. The topological polar surface area (TPSA) is 35.5 Å². The number of hydrogen-bond donors (Lipinski definition) is 0. The highest BCUT2D eigenvalue weighted by Gasteiger charge is 2.10. The monoisotopic (exact) mass is 332 g/mol. The van der Waals surface area contributed by atoms with Gasteiger partial charge in [-0.1, -0.05) is 43.0 Å². The minimum absolute atomic E-state index is 0.349. The number of fused-ring (bicyclic) bond motifs is 1. The van der Waals surface area contributed by atoms with E-state index in [1.165, 1.54) is 6.92 Å². The van der Waals surface area contributed by atoms with Crippen LogP contribution in [0, 0.1) is 0 Å². The zero-order valence-corrected chi connectivity index (χ0v) is 14.4. The molecule has 0 saturated carbocycles. The molecule has 0 amide bonds. The van der Waals surface area contributed by atoms with Crippen molar-refractivity contribution in [3.8, 4) is 11.5 Å². The van der Waals surface area contributed by atoms with E-state index in [-0.39, 0.29) is 5.97 Å². The standard InChI is InChI=1S/C22H20O3/c1-15(2)21-12-18-9-10-20(24-14-17-7-5-4-6-8-17)11-19(18)13-22(21)25-16(3)23/h4-13H,1,14H2,2-3H3. The van der Waals surface area contributed by atoms with Crippen molar-refractivity contribution in [3.05, 3.63) is 78.4 Å². The summed E-state index contributed by atoms with van der Waals surface area (Å²) in [6.07, 6.45) is 0. The molecule has 126 valence electrons. The van der Waals surface area contributed by atoms with Gasteiger partial charge in [-0.05, 0) is 53.1 Å². The van der Waals surface area contributed by atoms with Crippen molar-refractivity contribution in [1.29, 1.82) is 0 Å². The SMILES string of the molecule is C=C(C)c1cc2ccc(OCc3ccccc3)cc2cc1OC(C)=O. The van der Waals surface area contributed by atoms with Crippen LogP contribution in [0.25, 0.3) is 16.3 Å². The van der Waals surface area contributed by atoms with Gasteiger partial charge in [0.1, 0.15) is 18.1 Å². The maximum Gasteiger partial charge on any atom is 0.308 e. The molecule has 0 aliphatic rings. The molecule has 0 aliphatic heterocycles. The highest BCUT2D eigenvalue weighted by molar-refractivity contribution is 5.90. The second-order valence-electron chi connectivity index (χ2n) is 6.01. The Kier molecular flexibility index (Phi) is 4.85. The van der Waals surface area contributed by atoms with Crippen molar-refractivity contribution in [3.63, 3.8) is 0 Å². The Bertz CT molecular complexity index is 927. The van der Waals surface area contributed by atoms with Crippen LogP contribution in [0.2, 0.25) is 0 Å². The van der Waals surface area contributed by atoms with Gasteiger partial charge in [0.25, 0.3) is 0 Å². The summed E-state index contributed by atoms with van der Waals surface area (Å²) in [4.78, 5) is 11.4. The predicted molar refractivity (Wildman–Crippen MR) is 101 cm³/mol. The van der Waals surface area contributed by atoms with Crippen molar-refractivity contribution in [2.45, 2.75) is 20.5 Å². The molecule has 0 N–H and O–H groups in total. The second kappa shape index (κ2) is 7.22. The molecule has 0 fully saturated rings. The van der Waals surface area contributed by atoms with Crippen LogP contribution in [0.4, 0.5) is 0 Å². The summed E-state index contributed by atoms with van der Waals surface area (Å²) in [5.74, 6) is 0.944. The first kappa shape index (κ1) is 16.8. The van der Waals surface area contributed by atoms with Crippen LogP contribution in [0.3, 0.4) is 0 Å². The number of allylic oxidation sites excluding steroid dienone is 1. The zero-order valence-electron chi connectivity index (χ0n) is 14.4. The predicted octanol–water partition coefficient (Wildman–Crippen LogP) is 5.38. The molecular formula is C22H20O3. The molecule has 3 rings (SSSR count). The third-order valence-electron chi connectivity index (χ3n) is 3.87. The first-order chi connectivity index (χ1) is 12.0. The van der Waals surface area contributed by atoms with Crippen molar-refractivity contribution in [2.24, 2.45) is 0 Å². The number of carbonyl (C=O) groups excluding carboxylic acids is 1. The van der Waals surface area contributed by atoms with Crippen LogP contribution < -0.4 is 9.47 Å². The molecule has 0 aromatic heterocycles. The lowest BCUT2D eigenvalue weighted by Gasteiger charge is -2.12. The zero-order chi connectivity index (χ0) is 17.8. The maximum atomic E-state index is 11.4. The highest BCUT2D eigenvalue weighted by Crippen LogP contribution is 2.32. The molecule has 0 bridgehead atoms. The van der Waals surface area contributed by atoms with Crippen LogP contribution >= 0.6 is 0 Å². The van der Waals surface area contributed by atoms with Crippen molar-refractivity contribution in [1.82, 2.24) is 0 Å². The molecule has 0 saturated heterocycles. The Morgan fingerprint density at radius 2 is 1.72 bits per heavy atom. The molecule has 0 unspecified atom stereocenters. The summed E-state index contributed by atoms with van der Waals surface area (Å²) < 4.78 is 11.2. The van der Waals surface area contributed by atoms with E-state index >= 15 is 0 Å². The first-order valence-corrected chi connectivity index (χ1v) is 8.12. The van der Waals surface area contributed by atoms with Gasteiger partial charge in [-0.2, -0.15) is 0 Å². The van der Waals surface area contributed by atoms with Crippen molar-refractivity contribution >= 4 is 22.3 Å². The Morgan fingerprint density at radius 3 is 2.40 bits per heavy atom. The fraction of sp³-hybridized carbons (Fsp3) is 0.136. The Labute approximate surface area is 147 Å². The van der Waals surface area contributed by atoms with Gasteiger partial charge in [0.05, 0.1) is 0 Å². The average molecular weight is 332 g/mol. The minimum atomic E-state index is -0.349. The molecule has 3 aromatic carbocycles. The average Bonchev–Trinajstić information content (AvgIpc) is 2.59. The Morgan fingerprint density at radius 1 is 0.960 bits per heavy atom. The smallest absolute Gasteiger partial charge is 0.308 e. The lowest BCUT2D eigenvalue weighted by molar-refractivity contribution is -0.131. The van der Waals surface area contributed by atoms with E-state index < -0.39 is 0 Å². The summed E-state index contributed by atoms with van der Waals surface area (Å²) in [6.45, 7) is 7.76. The van der Waals surface area contributed by atoms with Gasteiger partial charge in [-0.15, -0.1) is 0 Å². The van der Waals surface area contributed by atoms with E-state index in [0.717, 1.165) is 33.2 Å². The number of ether oxygens (including phenoxy) is 2. The van der Waals surface area contributed by atoms with Crippen LogP contribution in [0.1, 0.15) is 25.0 Å². The van der Waals surface area contributed by atoms with Gasteiger partial charge in [-0.3, -0.25) is 4.79 Å². The lowest BCUT2D eigenvalue weighted by Crippen LogP contribution is -2.03. The number of esters is 1. The van der Waals surface area contributed by atoms with E-state index in [2.05, 4.69) is 6.58 Å².